The van der Waals surface area contributed by atoms with Gasteiger partial charge < -0.3 is 5.32 Å². The smallest absolute Gasteiger partial charge is 0.235 e. The highest BCUT2D eigenvalue weighted by Gasteiger charge is 2.49. The minimum atomic E-state index is -0.329. The molecule has 0 saturated carbocycles. The molecule has 1 spiro atoms. The second kappa shape index (κ2) is 7.75. The van der Waals surface area contributed by atoms with E-state index in [2.05, 4.69) is 97.9 Å². The second-order valence-electron chi connectivity index (χ2n) is 7.19. The largest absolute Gasteiger partial charge is 0.325 e. The number of carbonyl (C=O) groups excluding carboxylic acids is 1. The minimum absolute atomic E-state index is 0.212. The van der Waals surface area contributed by atoms with Crippen LogP contribution in [-0.4, -0.2) is 23.9 Å². The Hall–Kier alpha value is -0.670. The number of nitrogens with zero attached hydrogens (tertiary/aromatic N) is 1. The molecule has 2 aliphatic rings. The highest BCUT2D eigenvalue weighted by molar-refractivity contribution is 14.1. The van der Waals surface area contributed by atoms with E-state index in [0.717, 1.165) is 47.0 Å². The Morgan fingerprint density at radius 3 is 2.38 bits per heavy atom. The Morgan fingerprint density at radius 2 is 1.73 bits per heavy atom. The maximum atomic E-state index is 13.0. The molecule has 0 atom stereocenters. The van der Waals surface area contributed by atoms with Gasteiger partial charge in [-0.2, -0.15) is 0 Å². The van der Waals surface area contributed by atoms with Gasteiger partial charge in [0.2, 0.25) is 5.91 Å². The number of rotatable bonds is 4. The number of fused-ring (bicyclic) bond motifs is 2. The van der Waals surface area contributed by atoms with E-state index >= 15 is 0 Å². The molecule has 3 nitrogen and oxygen atoms in total. The topological polar surface area (TPSA) is 32.3 Å². The van der Waals surface area contributed by atoms with E-state index in [0.29, 0.717) is 0 Å². The van der Waals surface area contributed by atoms with Crippen molar-refractivity contribution in [1.29, 1.82) is 0 Å². The summed E-state index contributed by atoms with van der Waals surface area (Å²) in [5.41, 5.74) is 6.12. The lowest BCUT2D eigenvalue weighted by atomic mass is 9.71. The summed E-state index contributed by atoms with van der Waals surface area (Å²) in [4.78, 5) is 15.5. The van der Waals surface area contributed by atoms with E-state index in [1.165, 1.54) is 22.3 Å². The van der Waals surface area contributed by atoms with Crippen LogP contribution in [0.3, 0.4) is 0 Å². The van der Waals surface area contributed by atoms with Crippen molar-refractivity contribution in [1.82, 2.24) is 4.90 Å². The van der Waals surface area contributed by atoms with Crippen LogP contribution in [0.25, 0.3) is 0 Å². The fourth-order valence-corrected chi connectivity index (χ4v) is 5.97. The van der Waals surface area contributed by atoms with E-state index < -0.39 is 0 Å². The summed E-state index contributed by atoms with van der Waals surface area (Å²) in [6, 6.07) is 14.9. The van der Waals surface area contributed by atoms with Crippen LogP contribution in [0.15, 0.2) is 42.5 Å². The number of amides is 1. The molecule has 4 rings (SSSR count). The molecule has 1 amide bonds. The number of nitrogens with one attached hydrogen (secondary N) is 1. The highest BCUT2D eigenvalue weighted by atomic mass is 127. The lowest BCUT2D eigenvalue weighted by Crippen LogP contribution is -2.46. The standard InChI is InChI=1S/C21H22I2N2O/c22-12-16-6-7-18-19(17(16)13-23)21(20(26)24-18)8-10-25(11-9-21)14-15-4-2-1-3-5-15/h1-7H,8-14H2,(H,24,26). The van der Waals surface area contributed by atoms with Crippen LogP contribution in [0.1, 0.15) is 35.1 Å². The van der Waals surface area contributed by atoms with Gasteiger partial charge in [0.15, 0.2) is 0 Å². The van der Waals surface area contributed by atoms with Crippen molar-refractivity contribution in [3.8, 4) is 0 Å². The number of alkyl halides is 2. The summed E-state index contributed by atoms with van der Waals surface area (Å²) in [5.74, 6) is 0.212. The Morgan fingerprint density at radius 1 is 1.00 bits per heavy atom. The van der Waals surface area contributed by atoms with E-state index in [1.807, 2.05) is 0 Å². The first-order valence-electron chi connectivity index (χ1n) is 9.03. The summed E-state index contributed by atoms with van der Waals surface area (Å²) in [6.07, 6.45) is 1.82. The average molecular weight is 572 g/mol. The van der Waals surface area contributed by atoms with Crippen LogP contribution in [0.4, 0.5) is 5.69 Å². The molecule has 0 bridgehead atoms. The molecular weight excluding hydrogens is 550 g/mol. The number of piperidine rings is 1. The molecule has 1 saturated heterocycles. The molecule has 0 aliphatic carbocycles. The highest BCUT2D eigenvalue weighted by Crippen LogP contribution is 2.48. The van der Waals surface area contributed by atoms with Gasteiger partial charge in [0.05, 0.1) is 5.41 Å². The molecule has 1 N–H and O–H groups in total. The number of anilines is 1. The molecule has 136 valence electrons. The number of halogens is 2. The third-order valence-electron chi connectivity index (χ3n) is 5.81. The fourth-order valence-electron chi connectivity index (χ4n) is 4.39. The number of hydrogen-bond acceptors (Lipinski definition) is 2. The molecule has 1 fully saturated rings. The average Bonchev–Trinajstić information content (AvgIpc) is 2.95. The zero-order valence-corrected chi connectivity index (χ0v) is 18.9. The van der Waals surface area contributed by atoms with Gasteiger partial charge in [-0.05, 0) is 54.3 Å². The normalized spacial score (nSPS) is 18.8. The van der Waals surface area contributed by atoms with Gasteiger partial charge in [0.1, 0.15) is 0 Å². The van der Waals surface area contributed by atoms with Crippen molar-refractivity contribution in [3.63, 3.8) is 0 Å². The van der Waals surface area contributed by atoms with Gasteiger partial charge in [-0.3, -0.25) is 9.69 Å². The number of benzene rings is 2. The van der Waals surface area contributed by atoms with Crippen LogP contribution < -0.4 is 5.32 Å². The molecule has 26 heavy (non-hydrogen) atoms. The van der Waals surface area contributed by atoms with E-state index in [4.69, 9.17) is 0 Å². The molecule has 2 aliphatic heterocycles. The van der Waals surface area contributed by atoms with Crippen LogP contribution in [0.2, 0.25) is 0 Å². The van der Waals surface area contributed by atoms with Crippen molar-refractivity contribution in [2.75, 3.05) is 18.4 Å². The SMILES string of the molecule is O=C1Nc2ccc(CI)c(CI)c2C12CCN(Cc1ccccc1)CC2. The zero-order valence-electron chi connectivity index (χ0n) is 14.6. The van der Waals surface area contributed by atoms with Gasteiger partial charge in [-0.15, -0.1) is 0 Å². The first-order chi connectivity index (χ1) is 12.7. The van der Waals surface area contributed by atoms with Crippen LogP contribution >= 0.6 is 45.2 Å². The molecule has 2 heterocycles. The van der Waals surface area contributed by atoms with Gasteiger partial charge in [0, 0.05) is 21.1 Å². The van der Waals surface area contributed by atoms with E-state index in [1.54, 1.807) is 0 Å². The van der Waals surface area contributed by atoms with Crippen molar-refractivity contribution >= 4 is 56.8 Å². The minimum Gasteiger partial charge on any atom is -0.325 e. The van der Waals surface area contributed by atoms with Crippen LogP contribution in [0.5, 0.6) is 0 Å². The van der Waals surface area contributed by atoms with Crippen molar-refractivity contribution in [2.24, 2.45) is 0 Å². The van der Waals surface area contributed by atoms with Crippen molar-refractivity contribution < 1.29 is 4.79 Å². The molecule has 5 heteroatoms. The van der Waals surface area contributed by atoms with Crippen LogP contribution in [-0.2, 0) is 25.6 Å². The zero-order chi connectivity index (χ0) is 18.1. The number of carbonyl (C=O) groups is 1. The summed E-state index contributed by atoms with van der Waals surface area (Å²) in [6.45, 7) is 2.91. The Bertz CT molecular complexity index is 814. The summed E-state index contributed by atoms with van der Waals surface area (Å²) < 4.78 is 1.96. The maximum Gasteiger partial charge on any atom is 0.235 e. The van der Waals surface area contributed by atoms with Crippen molar-refractivity contribution in [2.45, 2.75) is 33.7 Å². The van der Waals surface area contributed by atoms with Gasteiger partial charge >= 0.3 is 0 Å². The number of hydrogen-bond donors (Lipinski definition) is 1. The molecule has 2 aromatic carbocycles. The van der Waals surface area contributed by atoms with Gasteiger partial charge in [0.25, 0.3) is 0 Å². The molecular formula is C21H22I2N2O. The van der Waals surface area contributed by atoms with E-state index in [9.17, 15) is 4.79 Å². The van der Waals surface area contributed by atoms with Crippen molar-refractivity contribution in [3.05, 3.63) is 64.7 Å². The Kier molecular flexibility index (Phi) is 5.57. The summed E-state index contributed by atoms with van der Waals surface area (Å²) >= 11 is 4.88. The Balaban J connectivity index is 1.60. The van der Waals surface area contributed by atoms with E-state index in [-0.39, 0.29) is 11.3 Å². The van der Waals surface area contributed by atoms with Gasteiger partial charge in [-0.1, -0.05) is 81.6 Å². The lowest BCUT2D eigenvalue weighted by molar-refractivity contribution is -0.122. The third-order valence-corrected chi connectivity index (χ3v) is 7.39. The molecule has 2 aromatic rings. The monoisotopic (exact) mass is 572 g/mol. The van der Waals surface area contributed by atoms with Crippen LogP contribution in [0, 0.1) is 0 Å². The predicted molar refractivity (Wildman–Crippen MR) is 123 cm³/mol. The van der Waals surface area contributed by atoms with Gasteiger partial charge in [-0.25, -0.2) is 0 Å². The Labute approximate surface area is 182 Å². The third kappa shape index (κ3) is 3.20. The maximum absolute atomic E-state index is 13.0. The predicted octanol–water partition coefficient (Wildman–Crippen LogP) is 5.04. The summed E-state index contributed by atoms with van der Waals surface area (Å²) in [5, 5.41) is 3.19. The lowest BCUT2D eigenvalue weighted by Gasteiger charge is -2.39. The first-order valence-corrected chi connectivity index (χ1v) is 12.1. The fraction of sp³-hybridized carbons (Fsp3) is 0.381. The second-order valence-corrected chi connectivity index (χ2v) is 8.72. The molecule has 0 unspecified atom stereocenters. The first kappa shape index (κ1) is 18.7. The quantitative estimate of drug-likeness (QED) is 0.412. The molecule has 0 radical (unpaired) electrons. The summed E-state index contributed by atoms with van der Waals surface area (Å²) in [7, 11) is 0. The number of likely N-dealkylation sites (tertiary alicyclic amines) is 1. The molecule has 0 aromatic heterocycles.